The number of benzene rings is 3. The fourth-order valence-corrected chi connectivity index (χ4v) is 8.56. The molecule has 0 aromatic heterocycles. The minimum absolute atomic E-state index is 0.125. The second-order valence-corrected chi connectivity index (χ2v) is 15.8. The van der Waals surface area contributed by atoms with Crippen LogP contribution in [0.1, 0.15) is 76.0 Å². The van der Waals surface area contributed by atoms with Gasteiger partial charge >= 0.3 is 0 Å². The molecule has 2 aliphatic carbocycles. The molecule has 0 saturated carbocycles. The third kappa shape index (κ3) is 6.25. The maximum absolute atomic E-state index is 14.3. The smallest absolute Gasteiger partial charge is 0.162 e. The number of ketones is 2. The zero-order valence-electron chi connectivity index (χ0n) is 25.9. The van der Waals surface area contributed by atoms with E-state index in [-0.39, 0.29) is 22.4 Å². The number of Topliss-reactive ketones (excluding diaryl/α,β-unsaturated/α-hetero) is 2. The van der Waals surface area contributed by atoms with Crippen LogP contribution in [0.4, 0.5) is 0 Å². The Labute approximate surface area is 277 Å². The Morgan fingerprint density at radius 1 is 0.750 bits per heavy atom. The van der Waals surface area contributed by atoms with Gasteiger partial charge in [-0.1, -0.05) is 104 Å². The zero-order chi connectivity index (χ0) is 31.2. The second-order valence-electron chi connectivity index (χ2n) is 14.0. The Morgan fingerprint density at radius 3 is 1.82 bits per heavy atom. The lowest BCUT2D eigenvalue weighted by atomic mass is 9.63. The van der Waals surface area contributed by atoms with Gasteiger partial charge in [0.05, 0.1) is 4.47 Å². The van der Waals surface area contributed by atoms with E-state index in [0.717, 1.165) is 68.4 Å². The number of hydrogen-bond donors (Lipinski definition) is 0. The summed E-state index contributed by atoms with van der Waals surface area (Å²) in [4.78, 5) is 31.0. The van der Waals surface area contributed by atoms with Crippen LogP contribution in [0.2, 0.25) is 0 Å². The number of allylic oxidation sites excluding steroid dienone is 4. The lowest BCUT2D eigenvalue weighted by molar-refractivity contribution is -0.119. The van der Waals surface area contributed by atoms with E-state index in [2.05, 4.69) is 88.7 Å². The summed E-state index contributed by atoms with van der Waals surface area (Å²) in [5.41, 5.74) is 6.46. The van der Waals surface area contributed by atoms with Crippen LogP contribution in [0, 0.1) is 10.8 Å². The number of carbonyl (C=O) groups is 2. The number of halogens is 2. The summed E-state index contributed by atoms with van der Waals surface area (Å²) >= 11 is 7.49. The van der Waals surface area contributed by atoms with Gasteiger partial charge in [-0.2, -0.15) is 0 Å². The maximum atomic E-state index is 14.3. The Bertz CT molecular complexity index is 1620. The van der Waals surface area contributed by atoms with E-state index >= 15 is 0 Å². The fourth-order valence-electron chi connectivity index (χ4n) is 7.19. The van der Waals surface area contributed by atoms with E-state index in [4.69, 9.17) is 4.74 Å². The van der Waals surface area contributed by atoms with E-state index in [1.54, 1.807) is 0 Å². The van der Waals surface area contributed by atoms with Gasteiger partial charge in [0.15, 0.2) is 11.6 Å². The highest BCUT2D eigenvalue weighted by Gasteiger charge is 2.49. The summed E-state index contributed by atoms with van der Waals surface area (Å²) in [6.07, 6.45) is 3.29. The maximum Gasteiger partial charge on any atom is 0.162 e. The Kier molecular flexibility index (Phi) is 8.53. The van der Waals surface area contributed by atoms with Crippen LogP contribution >= 0.6 is 31.9 Å². The van der Waals surface area contributed by atoms with E-state index in [1.807, 2.05) is 48.5 Å². The summed E-state index contributed by atoms with van der Waals surface area (Å²) in [5, 5.41) is 0. The standard InChI is InChI=1S/C38H39Br2NO3/c1-37(2)19-29-34(31(42)21-37)33(27-17-26(39)18-28(40)36(27)44-23-25-13-9-6-10-14-25)35-30(20-38(3,4)22-32(35)43)41(29)16-15-24-11-7-5-8-12-24/h5-14,17-18,33H,15-16,19-23H2,1-4H3. The molecule has 6 rings (SSSR count). The summed E-state index contributed by atoms with van der Waals surface area (Å²) < 4.78 is 8.22. The van der Waals surface area contributed by atoms with Crippen LogP contribution in [0.25, 0.3) is 0 Å². The Morgan fingerprint density at radius 2 is 1.27 bits per heavy atom. The molecule has 4 nitrogen and oxygen atoms in total. The van der Waals surface area contributed by atoms with Crippen molar-refractivity contribution in [3.8, 4) is 5.75 Å². The van der Waals surface area contributed by atoms with Gasteiger partial charge in [-0.15, -0.1) is 0 Å². The molecular weight excluding hydrogens is 678 g/mol. The molecule has 3 aliphatic rings. The predicted molar refractivity (Wildman–Crippen MR) is 182 cm³/mol. The van der Waals surface area contributed by atoms with Gasteiger partial charge in [0.25, 0.3) is 0 Å². The van der Waals surface area contributed by atoms with Crippen molar-refractivity contribution in [2.75, 3.05) is 6.54 Å². The molecule has 0 spiro atoms. The average Bonchev–Trinajstić information content (AvgIpc) is 2.95. The first-order chi connectivity index (χ1) is 20.9. The minimum Gasteiger partial charge on any atom is -0.487 e. The lowest BCUT2D eigenvalue weighted by Crippen LogP contribution is -2.45. The molecule has 228 valence electrons. The lowest BCUT2D eigenvalue weighted by Gasteiger charge is -2.49. The normalized spacial score (nSPS) is 19.6. The van der Waals surface area contributed by atoms with Crippen LogP contribution in [-0.4, -0.2) is 23.0 Å². The minimum atomic E-state index is -0.486. The van der Waals surface area contributed by atoms with Crippen LogP contribution < -0.4 is 4.74 Å². The highest BCUT2D eigenvalue weighted by molar-refractivity contribution is 9.11. The van der Waals surface area contributed by atoms with Crippen LogP contribution in [-0.2, 0) is 22.6 Å². The summed E-state index contributed by atoms with van der Waals surface area (Å²) in [5.74, 6) is 0.439. The molecule has 0 fully saturated rings. The van der Waals surface area contributed by atoms with Crippen molar-refractivity contribution in [1.82, 2.24) is 4.90 Å². The molecule has 3 aromatic rings. The van der Waals surface area contributed by atoms with Crippen molar-refractivity contribution in [2.45, 2.75) is 72.3 Å². The van der Waals surface area contributed by atoms with Crippen LogP contribution in [0.3, 0.4) is 0 Å². The van der Waals surface area contributed by atoms with Crippen molar-refractivity contribution in [2.24, 2.45) is 10.8 Å². The van der Waals surface area contributed by atoms with E-state index in [9.17, 15) is 9.59 Å². The molecular formula is C38H39Br2NO3. The average molecular weight is 718 g/mol. The van der Waals surface area contributed by atoms with Gasteiger partial charge < -0.3 is 9.64 Å². The third-order valence-electron chi connectivity index (χ3n) is 9.06. The molecule has 1 aliphatic heterocycles. The highest BCUT2D eigenvalue weighted by Crippen LogP contribution is 2.56. The first-order valence-electron chi connectivity index (χ1n) is 15.4. The summed E-state index contributed by atoms with van der Waals surface area (Å²) in [6, 6.07) is 24.6. The molecule has 6 heteroatoms. The largest absolute Gasteiger partial charge is 0.487 e. The molecule has 0 saturated heterocycles. The number of rotatable bonds is 7. The van der Waals surface area contributed by atoms with Gasteiger partial charge in [-0.05, 0) is 69.3 Å². The molecule has 0 unspecified atom stereocenters. The second kappa shape index (κ2) is 12.1. The van der Waals surface area contributed by atoms with Gasteiger partial charge in [-0.25, -0.2) is 0 Å². The molecule has 0 radical (unpaired) electrons. The summed E-state index contributed by atoms with van der Waals surface area (Å²) in [6.45, 7) is 9.84. The first-order valence-corrected chi connectivity index (χ1v) is 17.0. The quantitative estimate of drug-likeness (QED) is 0.244. The molecule has 0 amide bonds. The first kappa shape index (κ1) is 31.0. The highest BCUT2D eigenvalue weighted by atomic mass is 79.9. The van der Waals surface area contributed by atoms with Gasteiger partial charge in [0.2, 0.25) is 0 Å². The molecule has 44 heavy (non-hydrogen) atoms. The van der Waals surface area contributed by atoms with Crippen molar-refractivity contribution in [3.63, 3.8) is 0 Å². The summed E-state index contributed by atoms with van der Waals surface area (Å²) in [7, 11) is 0. The molecule has 3 aromatic carbocycles. The number of hydrogen-bond acceptors (Lipinski definition) is 4. The molecule has 0 atom stereocenters. The SMILES string of the molecule is CC1(C)CC(=O)C2=C(C1)N(CCc1ccccc1)C1=C(C(=O)CC(C)(C)C1)C2c1cc(Br)cc(Br)c1OCc1ccccc1. The molecule has 0 N–H and O–H groups in total. The Balaban J connectivity index is 1.54. The van der Waals surface area contributed by atoms with E-state index in [0.29, 0.717) is 25.2 Å². The van der Waals surface area contributed by atoms with Crippen LogP contribution in [0.5, 0.6) is 5.75 Å². The number of ether oxygens (including phenoxy) is 1. The molecule has 1 heterocycles. The monoisotopic (exact) mass is 715 g/mol. The van der Waals surface area contributed by atoms with Gasteiger partial charge in [0.1, 0.15) is 12.4 Å². The van der Waals surface area contributed by atoms with Crippen molar-refractivity contribution in [1.29, 1.82) is 0 Å². The van der Waals surface area contributed by atoms with E-state index in [1.165, 1.54) is 5.56 Å². The predicted octanol–water partition coefficient (Wildman–Crippen LogP) is 9.72. The third-order valence-corrected chi connectivity index (χ3v) is 10.1. The van der Waals surface area contributed by atoms with Crippen molar-refractivity contribution in [3.05, 3.63) is 121 Å². The van der Waals surface area contributed by atoms with Crippen molar-refractivity contribution >= 4 is 43.4 Å². The number of carbonyl (C=O) groups excluding carboxylic acids is 2. The Hall–Kier alpha value is -2.96. The molecule has 0 bridgehead atoms. The zero-order valence-corrected chi connectivity index (χ0v) is 29.1. The fraction of sp³-hybridized carbons (Fsp3) is 0.368. The van der Waals surface area contributed by atoms with Crippen LogP contribution in [0.15, 0.2) is 104 Å². The van der Waals surface area contributed by atoms with Crippen molar-refractivity contribution < 1.29 is 14.3 Å². The number of nitrogens with zero attached hydrogens (tertiary/aromatic N) is 1. The topological polar surface area (TPSA) is 46.6 Å². The van der Waals surface area contributed by atoms with Gasteiger partial charge in [-0.3, -0.25) is 9.59 Å². The van der Waals surface area contributed by atoms with Gasteiger partial charge in [0, 0.05) is 57.9 Å². The van der Waals surface area contributed by atoms with E-state index < -0.39 is 5.92 Å².